The molecule has 4 heteroatoms. The molecule has 0 aliphatic rings. The Labute approximate surface area is 96.6 Å². The monoisotopic (exact) mass is 228 g/mol. The van der Waals surface area contributed by atoms with E-state index in [1.165, 1.54) is 0 Å². The quantitative estimate of drug-likeness (QED) is 0.726. The van der Waals surface area contributed by atoms with Crippen LogP contribution in [0.5, 0.6) is 0 Å². The molecule has 0 bridgehead atoms. The summed E-state index contributed by atoms with van der Waals surface area (Å²) in [5.74, 6) is -0.591. The van der Waals surface area contributed by atoms with Gasteiger partial charge in [0, 0.05) is 11.8 Å². The van der Waals surface area contributed by atoms with E-state index in [-0.39, 0.29) is 5.91 Å². The third-order valence-electron chi connectivity index (χ3n) is 2.30. The summed E-state index contributed by atoms with van der Waals surface area (Å²) < 4.78 is 0. The Morgan fingerprint density at radius 3 is 2.67 bits per heavy atom. The molecule has 0 radical (unpaired) electrons. The smallest absolute Gasteiger partial charge is 0.237 e. The Bertz CT molecular complexity index is 225. The number of carbonyl (C=O) groups excluding carboxylic acids is 1. The number of rotatable bonds is 7. The number of thioether (sulfide) groups is 1. The predicted molar refractivity (Wildman–Crippen MR) is 64.6 cm³/mol. The van der Waals surface area contributed by atoms with E-state index in [2.05, 4.69) is 18.5 Å². The lowest BCUT2D eigenvalue weighted by molar-refractivity contribution is -0.123. The van der Waals surface area contributed by atoms with Crippen LogP contribution in [0.2, 0.25) is 0 Å². The highest BCUT2D eigenvalue weighted by Gasteiger charge is 2.15. The Balaban J connectivity index is 3.77. The van der Waals surface area contributed by atoms with Crippen LogP contribution < -0.4 is 5.32 Å². The van der Waals surface area contributed by atoms with Gasteiger partial charge in [-0.2, -0.15) is 17.0 Å². The molecule has 3 nitrogen and oxygen atoms in total. The fourth-order valence-electron chi connectivity index (χ4n) is 1.18. The minimum atomic E-state index is -0.473. The lowest BCUT2D eigenvalue weighted by Gasteiger charge is -2.11. The van der Waals surface area contributed by atoms with Gasteiger partial charge in [0.25, 0.3) is 0 Å². The summed E-state index contributed by atoms with van der Waals surface area (Å²) in [5.41, 5.74) is 0. The maximum atomic E-state index is 11.5. The standard InChI is InChI=1S/C11H20N2OS/c1-4-5-10(8-12)11(14)13-7-6-9(2)15-3/h9-10H,4-7H2,1-3H3,(H,13,14). The summed E-state index contributed by atoms with van der Waals surface area (Å²) in [5, 5.41) is 12.1. The van der Waals surface area contributed by atoms with E-state index in [1.54, 1.807) is 11.8 Å². The van der Waals surface area contributed by atoms with Crippen LogP contribution in [0.1, 0.15) is 33.1 Å². The molecule has 0 aliphatic heterocycles. The molecule has 15 heavy (non-hydrogen) atoms. The molecule has 0 aliphatic carbocycles. The molecule has 1 amide bonds. The van der Waals surface area contributed by atoms with E-state index in [1.807, 2.05) is 13.0 Å². The number of carbonyl (C=O) groups is 1. The van der Waals surface area contributed by atoms with Crippen LogP contribution in [0.25, 0.3) is 0 Å². The van der Waals surface area contributed by atoms with Crippen LogP contribution in [-0.4, -0.2) is 24.0 Å². The van der Waals surface area contributed by atoms with Crippen molar-refractivity contribution >= 4 is 17.7 Å². The van der Waals surface area contributed by atoms with Gasteiger partial charge in [0.05, 0.1) is 6.07 Å². The molecule has 1 N–H and O–H groups in total. The van der Waals surface area contributed by atoms with Crippen LogP contribution in [0, 0.1) is 17.2 Å². The van der Waals surface area contributed by atoms with Crippen molar-refractivity contribution in [3.05, 3.63) is 0 Å². The Hall–Kier alpha value is -0.690. The number of nitrogens with one attached hydrogen (secondary N) is 1. The lowest BCUT2D eigenvalue weighted by atomic mass is 10.1. The summed E-state index contributed by atoms with van der Waals surface area (Å²) >= 11 is 1.78. The zero-order valence-corrected chi connectivity index (χ0v) is 10.6. The minimum absolute atomic E-state index is 0.118. The maximum Gasteiger partial charge on any atom is 0.237 e. The first-order valence-corrected chi connectivity index (χ1v) is 6.64. The average Bonchev–Trinajstić information content (AvgIpc) is 2.25. The van der Waals surface area contributed by atoms with Gasteiger partial charge >= 0.3 is 0 Å². The van der Waals surface area contributed by atoms with Crippen molar-refractivity contribution in [2.75, 3.05) is 12.8 Å². The Morgan fingerprint density at radius 2 is 2.20 bits per heavy atom. The minimum Gasteiger partial charge on any atom is -0.355 e. The molecular weight excluding hydrogens is 208 g/mol. The van der Waals surface area contributed by atoms with Crippen molar-refractivity contribution in [1.82, 2.24) is 5.32 Å². The molecule has 0 aromatic rings. The van der Waals surface area contributed by atoms with Crippen molar-refractivity contribution < 1.29 is 4.79 Å². The predicted octanol–water partition coefficient (Wildman–Crippen LogP) is 2.18. The second-order valence-electron chi connectivity index (χ2n) is 3.60. The molecule has 0 heterocycles. The van der Waals surface area contributed by atoms with E-state index >= 15 is 0 Å². The van der Waals surface area contributed by atoms with E-state index in [0.29, 0.717) is 18.2 Å². The van der Waals surface area contributed by atoms with Crippen LogP contribution >= 0.6 is 11.8 Å². The summed E-state index contributed by atoms with van der Waals surface area (Å²) in [4.78, 5) is 11.5. The second kappa shape index (κ2) is 8.60. The molecule has 2 atom stereocenters. The summed E-state index contributed by atoms with van der Waals surface area (Å²) in [6, 6.07) is 2.04. The van der Waals surface area contributed by atoms with Crippen molar-refractivity contribution in [3.8, 4) is 6.07 Å². The molecular formula is C11H20N2OS. The summed E-state index contributed by atoms with van der Waals surface area (Å²) in [7, 11) is 0. The highest BCUT2D eigenvalue weighted by molar-refractivity contribution is 7.99. The third-order valence-corrected chi connectivity index (χ3v) is 3.34. The fourth-order valence-corrected chi connectivity index (χ4v) is 1.54. The SMILES string of the molecule is CCCC(C#N)C(=O)NCCC(C)SC. The van der Waals surface area contributed by atoms with Gasteiger partial charge < -0.3 is 5.32 Å². The van der Waals surface area contributed by atoms with Gasteiger partial charge in [-0.05, 0) is 19.1 Å². The molecule has 0 spiro atoms. The topological polar surface area (TPSA) is 52.9 Å². The first-order valence-electron chi connectivity index (χ1n) is 5.35. The summed E-state index contributed by atoms with van der Waals surface area (Å²) in [6.07, 6.45) is 4.53. The molecule has 0 aromatic heterocycles. The molecule has 86 valence electrons. The number of nitriles is 1. The number of amides is 1. The van der Waals surface area contributed by atoms with Crippen molar-refractivity contribution in [1.29, 1.82) is 5.26 Å². The summed E-state index contributed by atoms with van der Waals surface area (Å²) in [6.45, 7) is 4.78. The van der Waals surface area contributed by atoms with Gasteiger partial charge in [-0.3, -0.25) is 4.79 Å². The van der Waals surface area contributed by atoms with E-state index in [4.69, 9.17) is 5.26 Å². The van der Waals surface area contributed by atoms with Crippen molar-refractivity contribution in [2.24, 2.45) is 5.92 Å². The van der Waals surface area contributed by atoms with Crippen LogP contribution in [0.15, 0.2) is 0 Å². The van der Waals surface area contributed by atoms with E-state index in [0.717, 1.165) is 12.8 Å². The van der Waals surface area contributed by atoms with Gasteiger partial charge in [0.15, 0.2) is 0 Å². The largest absolute Gasteiger partial charge is 0.355 e. The zero-order chi connectivity index (χ0) is 11.7. The Morgan fingerprint density at radius 1 is 1.53 bits per heavy atom. The maximum absolute atomic E-state index is 11.5. The van der Waals surface area contributed by atoms with Gasteiger partial charge in [-0.15, -0.1) is 0 Å². The lowest BCUT2D eigenvalue weighted by Crippen LogP contribution is -2.31. The van der Waals surface area contributed by atoms with Gasteiger partial charge in [0.2, 0.25) is 5.91 Å². The molecule has 0 aromatic carbocycles. The van der Waals surface area contributed by atoms with Crippen molar-refractivity contribution in [3.63, 3.8) is 0 Å². The molecule has 0 saturated carbocycles. The van der Waals surface area contributed by atoms with Crippen LogP contribution in [0.4, 0.5) is 0 Å². The first-order chi connectivity index (χ1) is 7.15. The van der Waals surface area contributed by atoms with Crippen LogP contribution in [-0.2, 0) is 4.79 Å². The fraction of sp³-hybridized carbons (Fsp3) is 0.818. The van der Waals surface area contributed by atoms with Gasteiger partial charge in [-0.25, -0.2) is 0 Å². The highest BCUT2D eigenvalue weighted by Crippen LogP contribution is 2.09. The number of nitrogens with zero attached hydrogens (tertiary/aromatic N) is 1. The molecule has 2 unspecified atom stereocenters. The number of hydrogen-bond acceptors (Lipinski definition) is 3. The highest BCUT2D eigenvalue weighted by atomic mass is 32.2. The van der Waals surface area contributed by atoms with Gasteiger partial charge in [-0.1, -0.05) is 20.3 Å². The average molecular weight is 228 g/mol. The van der Waals surface area contributed by atoms with E-state index in [9.17, 15) is 4.79 Å². The van der Waals surface area contributed by atoms with Gasteiger partial charge in [0.1, 0.15) is 5.92 Å². The van der Waals surface area contributed by atoms with Crippen LogP contribution in [0.3, 0.4) is 0 Å². The molecule has 0 fully saturated rings. The zero-order valence-electron chi connectivity index (χ0n) is 9.75. The third kappa shape index (κ3) is 6.40. The molecule has 0 saturated heterocycles. The first kappa shape index (κ1) is 14.3. The normalized spacial score (nSPS) is 14.0. The molecule has 0 rings (SSSR count). The second-order valence-corrected chi connectivity index (χ2v) is 4.87. The number of hydrogen-bond donors (Lipinski definition) is 1. The van der Waals surface area contributed by atoms with E-state index < -0.39 is 5.92 Å². The Kier molecular flexibility index (Phi) is 8.21. The van der Waals surface area contributed by atoms with Crippen molar-refractivity contribution in [2.45, 2.75) is 38.4 Å².